The molecule has 4 nitrogen and oxygen atoms in total. The first-order chi connectivity index (χ1) is 7.27. The summed E-state index contributed by atoms with van der Waals surface area (Å²) >= 11 is 0. The van der Waals surface area contributed by atoms with Gasteiger partial charge in [-0.3, -0.25) is 0 Å². The minimum atomic E-state index is 0.225. The summed E-state index contributed by atoms with van der Waals surface area (Å²) in [6.07, 6.45) is 0.962. The highest BCUT2D eigenvalue weighted by Crippen LogP contribution is 2.41. The highest BCUT2D eigenvalue weighted by atomic mass is 16.5. The molecule has 3 N–H and O–H groups in total. The summed E-state index contributed by atoms with van der Waals surface area (Å²) in [5.74, 6) is 1.27. The van der Waals surface area contributed by atoms with Gasteiger partial charge in [-0.05, 0) is 11.6 Å². The molecule has 0 saturated heterocycles. The third kappa shape index (κ3) is 1.61. The first-order valence-corrected chi connectivity index (χ1v) is 5.05. The number of rotatable bonds is 2. The first kappa shape index (κ1) is 10.1. The molecule has 0 aliphatic carbocycles. The van der Waals surface area contributed by atoms with Gasteiger partial charge in [0, 0.05) is 6.42 Å². The van der Waals surface area contributed by atoms with E-state index in [-0.39, 0.29) is 5.75 Å². The molecule has 15 heavy (non-hydrogen) atoms. The van der Waals surface area contributed by atoms with Crippen LogP contribution < -0.4 is 14.8 Å². The van der Waals surface area contributed by atoms with Crippen LogP contribution in [0.25, 0.3) is 0 Å². The van der Waals surface area contributed by atoms with E-state index in [1.54, 1.807) is 7.11 Å². The van der Waals surface area contributed by atoms with Crippen LogP contribution in [0.15, 0.2) is 6.07 Å². The quantitative estimate of drug-likeness (QED) is 0.724. The molecule has 1 aliphatic rings. The Morgan fingerprint density at radius 2 is 2.13 bits per heavy atom. The number of hydrogen-bond acceptors (Lipinski definition) is 3. The van der Waals surface area contributed by atoms with Crippen LogP contribution in [-0.4, -0.2) is 25.9 Å². The molecule has 0 bridgehead atoms. The van der Waals surface area contributed by atoms with Crippen LogP contribution in [0.1, 0.15) is 11.1 Å². The van der Waals surface area contributed by atoms with Crippen molar-refractivity contribution in [3.8, 4) is 17.2 Å². The van der Waals surface area contributed by atoms with Gasteiger partial charge in [0.25, 0.3) is 0 Å². The van der Waals surface area contributed by atoms with Crippen molar-refractivity contribution >= 4 is 0 Å². The predicted octanol–water partition coefficient (Wildman–Crippen LogP) is 0.0289. The maximum atomic E-state index is 10.0. The zero-order valence-corrected chi connectivity index (χ0v) is 9.04. The molecule has 0 atom stereocenters. The van der Waals surface area contributed by atoms with Crippen LogP contribution >= 0.6 is 0 Å². The molecule has 1 heterocycles. The summed E-state index contributed by atoms with van der Waals surface area (Å²) in [4.78, 5) is 0. The van der Waals surface area contributed by atoms with Crippen molar-refractivity contribution in [3.63, 3.8) is 0 Å². The second-order valence-electron chi connectivity index (χ2n) is 3.63. The number of quaternary nitrogens is 1. The summed E-state index contributed by atoms with van der Waals surface area (Å²) < 4.78 is 10.3. The van der Waals surface area contributed by atoms with E-state index in [4.69, 9.17) is 9.47 Å². The van der Waals surface area contributed by atoms with Crippen LogP contribution in [0.4, 0.5) is 0 Å². The molecule has 1 aliphatic heterocycles. The lowest BCUT2D eigenvalue weighted by atomic mass is 9.99. The van der Waals surface area contributed by atoms with Crippen LogP contribution in [0, 0.1) is 0 Å². The lowest BCUT2D eigenvalue weighted by molar-refractivity contribution is -0.673. The van der Waals surface area contributed by atoms with Crippen LogP contribution in [0.2, 0.25) is 0 Å². The molecule has 0 spiro atoms. The minimum absolute atomic E-state index is 0.225. The van der Waals surface area contributed by atoms with E-state index < -0.39 is 0 Å². The van der Waals surface area contributed by atoms with E-state index in [1.165, 1.54) is 7.11 Å². The predicted molar refractivity (Wildman–Crippen MR) is 55.4 cm³/mol. The molecule has 0 radical (unpaired) electrons. The van der Waals surface area contributed by atoms with Gasteiger partial charge >= 0.3 is 0 Å². The van der Waals surface area contributed by atoms with E-state index >= 15 is 0 Å². The van der Waals surface area contributed by atoms with Crippen LogP contribution in [-0.2, 0) is 13.0 Å². The summed E-state index contributed by atoms with van der Waals surface area (Å²) in [5.41, 5.74) is 2.13. The van der Waals surface area contributed by atoms with E-state index in [1.807, 2.05) is 6.07 Å². The first-order valence-electron chi connectivity index (χ1n) is 5.05. The zero-order valence-electron chi connectivity index (χ0n) is 9.04. The van der Waals surface area contributed by atoms with Crippen molar-refractivity contribution in [2.45, 2.75) is 13.0 Å². The van der Waals surface area contributed by atoms with Crippen molar-refractivity contribution in [2.75, 3.05) is 20.8 Å². The van der Waals surface area contributed by atoms with Gasteiger partial charge in [0.05, 0.1) is 26.3 Å². The molecular weight excluding hydrogens is 194 g/mol. The van der Waals surface area contributed by atoms with E-state index in [0.717, 1.165) is 30.6 Å². The summed E-state index contributed by atoms with van der Waals surface area (Å²) in [5, 5.41) is 12.2. The molecule has 1 aromatic rings. The Morgan fingerprint density at radius 1 is 1.33 bits per heavy atom. The minimum Gasteiger partial charge on any atom is -0.504 e. The van der Waals surface area contributed by atoms with E-state index in [9.17, 15) is 5.11 Å². The SMILES string of the molecule is COc1cc2c(c(O)c1OC)C[NH2+]CC2. The zero-order chi connectivity index (χ0) is 10.8. The average Bonchev–Trinajstić information content (AvgIpc) is 2.29. The van der Waals surface area contributed by atoms with Gasteiger partial charge in [0.2, 0.25) is 5.75 Å². The number of phenols is 1. The number of fused-ring (bicyclic) bond motifs is 1. The Kier molecular flexibility index (Phi) is 2.68. The highest BCUT2D eigenvalue weighted by Gasteiger charge is 2.22. The smallest absolute Gasteiger partial charge is 0.203 e. The second kappa shape index (κ2) is 3.98. The number of benzene rings is 1. The number of methoxy groups -OCH3 is 2. The third-order valence-electron chi connectivity index (χ3n) is 2.81. The van der Waals surface area contributed by atoms with Gasteiger partial charge in [0.1, 0.15) is 6.54 Å². The van der Waals surface area contributed by atoms with Gasteiger partial charge in [-0.1, -0.05) is 0 Å². The maximum absolute atomic E-state index is 10.0. The fourth-order valence-corrected chi connectivity index (χ4v) is 2.02. The van der Waals surface area contributed by atoms with Crippen molar-refractivity contribution in [1.29, 1.82) is 0 Å². The largest absolute Gasteiger partial charge is 0.504 e. The van der Waals surface area contributed by atoms with Crippen molar-refractivity contribution in [3.05, 3.63) is 17.2 Å². The van der Waals surface area contributed by atoms with Crippen molar-refractivity contribution < 1.29 is 19.9 Å². The van der Waals surface area contributed by atoms with Gasteiger partial charge in [-0.25, -0.2) is 0 Å². The normalized spacial score (nSPS) is 14.5. The fraction of sp³-hybridized carbons (Fsp3) is 0.455. The Labute approximate surface area is 88.8 Å². The van der Waals surface area contributed by atoms with E-state index in [0.29, 0.717) is 11.5 Å². The van der Waals surface area contributed by atoms with E-state index in [2.05, 4.69) is 5.32 Å². The number of nitrogens with two attached hydrogens (primary N) is 1. The van der Waals surface area contributed by atoms with Gasteiger partial charge < -0.3 is 19.9 Å². The lowest BCUT2D eigenvalue weighted by Crippen LogP contribution is -2.84. The van der Waals surface area contributed by atoms with Gasteiger partial charge in [0.15, 0.2) is 11.5 Å². The molecular formula is C11H16NO3+. The number of aromatic hydroxyl groups is 1. The number of hydrogen-bond donors (Lipinski definition) is 2. The van der Waals surface area contributed by atoms with Crippen molar-refractivity contribution in [1.82, 2.24) is 0 Å². The molecule has 0 fully saturated rings. The Balaban J connectivity index is 2.57. The molecule has 82 valence electrons. The van der Waals surface area contributed by atoms with Gasteiger partial charge in [-0.15, -0.1) is 0 Å². The molecule has 4 heteroatoms. The topological polar surface area (TPSA) is 55.3 Å². The number of ether oxygens (including phenoxy) is 2. The molecule has 1 aromatic carbocycles. The maximum Gasteiger partial charge on any atom is 0.203 e. The molecule has 0 unspecified atom stereocenters. The molecule has 0 amide bonds. The van der Waals surface area contributed by atoms with Gasteiger partial charge in [-0.2, -0.15) is 0 Å². The molecule has 0 aromatic heterocycles. The highest BCUT2D eigenvalue weighted by molar-refractivity contribution is 5.58. The van der Waals surface area contributed by atoms with Crippen molar-refractivity contribution in [2.24, 2.45) is 0 Å². The Bertz CT molecular complexity index is 362. The van der Waals surface area contributed by atoms with Crippen LogP contribution in [0.5, 0.6) is 17.2 Å². The monoisotopic (exact) mass is 210 g/mol. The second-order valence-corrected chi connectivity index (χ2v) is 3.63. The molecule has 2 rings (SSSR count). The van der Waals surface area contributed by atoms with Crippen LogP contribution in [0.3, 0.4) is 0 Å². The summed E-state index contributed by atoms with van der Waals surface area (Å²) in [6, 6.07) is 1.96. The summed E-state index contributed by atoms with van der Waals surface area (Å²) in [6.45, 7) is 1.86. The standard InChI is InChI=1S/C11H15NO3/c1-14-9-5-7-3-4-12-6-8(7)10(13)11(9)15-2/h5,12-13H,3-4,6H2,1-2H3/p+1. The Morgan fingerprint density at radius 3 is 2.80 bits per heavy atom. The number of phenolic OH excluding ortho intramolecular Hbond substituents is 1. The fourth-order valence-electron chi connectivity index (χ4n) is 2.02. The Hall–Kier alpha value is -1.42. The summed E-state index contributed by atoms with van der Waals surface area (Å²) in [7, 11) is 3.12. The lowest BCUT2D eigenvalue weighted by Gasteiger charge is -2.19. The average molecular weight is 210 g/mol. The molecule has 0 saturated carbocycles. The third-order valence-corrected chi connectivity index (χ3v) is 2.81.